The Bertz CT molecular complexity index is 689. The van der Waals surface area contributed by atoms with Crippen molar-refractivity contribution in [1.29, 1.82) is 0 Å². The molecule has 0 aromatic heterocycles. The minimum Gasteiger partial charge on any atom is -0.474 e. The summed E-state index contributed by atoms with van der Waals surface area (Å²) in [6.07, 6.45) is 1.17. The van der Waals surface area contributed by atoms with Gasteiger partial charge in [0, 0.05) is 23.9 Å². The topological polar surface area (TPSA) is 21.7 Å². The number of rotatable bonds is 1. The Morgan fingerprint density at radius 1 is 1.05 bits per heavy atom. The Hall–Kier alpha value is -1.58. The second kappa shape index (κ2) is 5.25. The summed E-state index contributed by atoms with van der Waals surface area (Å²) >= 11 is 0. The van der Waals surface area contributed by atoms with Crippen LogP contribution in [0, 0.1) is 5.41 Å². The van der Waals surface area contributed by atoms with Gasteiger partial charge in [-0.3, -0.25) is 4.90 Å². The molecule has 0 saturated carbocycles. The van der Waals surface area contributed by atoms with Gasteiger partial charge in [-0.05, 0) is 17.4 Å². The van der Waals surface area contributed by atoms with E-state index in [1.54, 1.807) is 0 Å². The summed E-state index contributed by atoms with van der Waals surface area (Å²) in [6, 6.07) is 12.9. The van der Waals surface area contributed by atoms with Crippen molar-refractivity contribution in [2.45, 2.75) is 26.5 Å². The van der Waals surface area contributed by atoms with E-state index in [0.717, 1.165) is 38.5 Å². The highest BCUT2D eigenvalue weighted by molar-refractivity contribution is 5.89. The van der Waals surface area contributed by atoms with Crippen LogP contribution in [0.2, 0.25) is 0 Å². The molecule has 1 unspecified atom stereocenters. The molecular formula is C19H23NO2. The van der Waals surface area contributed by atoms with Crippen LogP contribution in [0.3, 0.4) is 0 Å². The van der Waals surface area contributed by atoms with E-state index in [9.17, 15) is 0 Å². The lowest BCUT2D eigenvalue weighted by Gasteiger charge is -2.46. The van der Waals surface area contributed by atoms with Gasteiger partial charge in [0.05, 0.1) is 13.2 Å². The third-order valence-electron chi connectivity index (χ3n) is 4.88. The summed E-state index contributed by atoms with van der Waals surface area (Å²) < 4.78 is 12.1. The summed E-state index contributed by atoms with van der Waals surface area (Å²) in [7, 11) is 0. The fourth-order valence-electron chi connectivity index (χ4n) is 3.80. The van der Waals surface area contributed by atoms with Gasteiger partial charge in [0.25, 0.3) is 0 Å². The van der Waals surface area contributed by atoms with E-state index in [1.165, 1.54) is 16.3 Å². The molecule has 116 valence electrons. The quantitative estimate of drug-likeness (QED) is 0.804. The molecule has 3 heteroatoms. The van der Waals surface area contributed by atoms with Gasteiger partial charge in [0.1, 0.15) is 5.75 Å². The Labute approximate surface area is 131 Å². The highest BCUT2D eigenvalue weighted by Crippen LogP contribution is 2.43. The van der Waals surface area contributed by atoms with Gasteiger partial charge in [-0.15, -0.1) is 0 Å². The molecule has 2 aromatic rings. The number of fused-ring (bicyclic) bond motifs is 3. The van der Waals surface area contributed by atoms with E-state index in [4.69, 9.17) is 9.47 Å². The van der Waals surface area contributed by atoms with E-state index in [-0.39, 0.29) is 11.6 Å². The van der Waals surface area contributed by atoms with Gasteiger partial charge >= 0.3 is 0 Å². The van der Waals surface area contributed by atoms with Crippen molar-refractivity contribution in [2.24, 2.45) is 5.41 Å². The smallest absolute Gasteiger partial charge is 0.158 e. The zero-order chi connectivity index (χ0) is 15.2. The molecule has 0 bridgehead atoms. The first-order valence-electron chi connectivity index (χ1n) is 8.14. The van der Waals surface area contributed by atoms with Crippen molar-refractivity contribution in [3.05, 3.63) is 42.0 Å². The van der Waals surface area contributed by atoms with E-state index >= 15 is 0 Å². The van der Waals surface area contributed by atoms with Crippen molar-refractivity contribution in [2.75, 3.05) is 26.3 Å². The average molecular weight is 297 g/mol. The largest absolute Gasteiger partial charge is 0.474 e. The standard InChI is InChI=1S/C19H23NO2/c1-19(2)13-15-8-7-14-5-3-4-6-16(14)17(15)22-18(19)20-9-11-21-12-10-20/h3-8,18H,9-13H2,1-2H3. The van der Waals surface area contributed by atoms with Gasteiger partial charge in [0.15, 0.2) is 6.23 Å². The Balaban J connectivity index is 1.77. The van der Waals surface area contributed by atoms with Gasteiger partial charge in [-0.25, -0.2) is 0 Å². The van der Waals surface area contributed by atoms with E-state index in [1.807, 2.05) is 0 Å². The van der Waals surface area contributed by atoms with Crippen LogP contribution >= 0.6 is 0 Å². The minimum atomic E-state index is 0.104. The van der Waals surface area contributed by atoms with Crippen LogP contribution in [-0.2, 0) is 11.2 Å². The number of benzene rings is 2. The van der Waals surface area contributed by atoms with Gasteiger partial charge < -0.3 is 9.47 Å². The van der Waals surface area contributed by atoms with Crippen LogP contribution in [0.5, 0.6) is 5.75 Å². The molecule has 2 aliphatic heterocycles. The predicted molar refractivity (Wildman–Crippen MR) is 88.2 cm³/mol. The Kier molecular flexibility index (Phi) is 3.35. The van der Waals surface area contributed by atoms with Gasteiger partial charge in [0.2, 0.25) is 0 Å². The van der Waals surface area contributed by atoms with Crippen molar-refractivity contribution in [3.63, 3.8) is 0 Å². The first-order valence-corrected chi connectivity index (χ1v) is 8.14. The molecule has 2 aromatic carbocycles. The Morgan fingerprint density at radius 2 is 1.82 bits per heavy atom. The summed E-state index contributed by atoms with van der Waals surface area (Å²) in [5.74, 6) is 1.08. The third-order valence-corrected chi connectivity index (χ3v) is 4.88. The fourth-order valence-corrected chi connectivity index (χ4v) is 3.80. The number of ether oxygens (including phenoxy) is 2. The van der Waals surface area contributed by atoms with Crippen LogP contribution in [0.4, 0.5) is 0 Å². The highest BCUT2D eigenvalue weighted by atomic mass is 16.5. The number of hydrogen-bond donors (Lipinski definition) is 0. The molecule has 0 aliphatic carbocycles. The lowest BCUT2D eigenvalue weighted by atomic mass is 9.80. The zero-order valence-electron chi connectivity index (χ0n) is 13.3. The maximum absolute atomic E-state index is 6.57. The van der Waals surface area contributed by atoms with E-state index < -0.39 is 0 Å². The SMILES string of the molecule is CC1(C)Cc2ccc3ccccc3c2OC1N1CCOCC1. The summed E-state index contributed by atoms with van der Waals surface area (Å²) in [5.41, 5.74) is 1.43. The Morgan fingerprint density at radius 3 is 2.64 bits per heavy atom. The van der Waals surface area contributed by atoms with Gasteiger partial charge in [-0.2, -0.15) is 0 Å². The lowest BCUT2D eigenvalue weighted by molar-refractivity contribution is -0.105. The molecule has 0 amide bonds. The molecule has 0 radical (unpaired) electrons. The molecule has 0 spiro atoms. The normalized spacial score (nSPS) is 24.7. The second-order valence-electron chi connectivity index (χ2n) is 7.06. The summed E-state index contributed by atoms with van der Waals surface area (Å²) in [6.45, 7) is 8.13. The molecule has 1 atom stereocenters. The van der Waals surface area contributed by atoms with E-state index in [2.05, 4.69) is 55.1 Å². The van der Waals surface area contributed by atoms with E-state index in [0.29, 0.717) is 0 Å². The highest BCUT2D eigenvalue weighted by Gasteiger charge is 2.41. The molecule has 22 heavy (non-hydrogen) atoms. The van der Waals surface area contributed by atoms with Gasteiger partial charge in [-0.1, -0.05) is 50.2 Å². The molecular weight excluding hydrogens is 274 g/mol. The monoisotopic (exact) mass is 297 g/mol. The van der Waals surface area contributed by atoms with Crippen LogP contribution in [0.25, 0.3) is 10.8 Å². The number of hydrogen-bond acceptors (Lipinski definition) is 3. The molecule has 1 fully saturated rings. The van der Waals surface area contributed by atoms with Crippen LogP contribution in [0.15, 0.2) is 36.4 Å². The average Bonchev–Trinajstić information content (AvgIpc) is 2.54. The van der Waals surface area contributed by atoms with Crippen LogP contribution in [-0.4, -0.2) is 37.4 Å². The van der Waals surface area contributed by atoms with Crippen molar-refractivity contribution < 1.29 is 9.47 Å². The fraction of sp³-hybridized carbons (Fsp3) is 0.474. The summed E-state index contributed by atoms with van der Waals surface area (Å²) in [4.78, 5) is 2.44. The van der Waals surface area contributed by atoms with Crippen molar-refractivity contribution in [3.8, 4) is 5.75 Å². The number of morpholine rings is 1. The lowest BCUT2D eigenvalue weighted by Crippen LogP contribution is -2.55. The molecule has 0 N–H and O–H groups in total. The molecule has 1 saturated heterocycles. The molecule has 4 rings (SSSR count). The maximum Gasteiger partial charge on any atom is 0.158 e. The first kappa shape index (κ1) is 14.0. The van der Waals surface area contributed by atoms with Crippen molar-refractivity contribution >= 4 is 10.8 Å². The van der Waals surface area contributed by atoms with Crippen molar-refractivity contribution in [1.82, 2.24) is 4.90 Å². The third kappa shape index (κ3) is 2.29. The number of nitrogens with zero attached hydrogens (tertiary/aromatic N) is 1. The second-order valence-corrected chi connectivity index (χ2v) is 7.06. The maximum atomic E-state index is 6.57. The first-order chi connectivity index (χ1) is 10.6. The molecule has 3 nitrogen and oxygen atoms in total. The molecule has 2 aliphatic rings. The van der Waals surface area contributed by atoms with Crippen LogP contribution in [0.1, 0.15) is 19.4 Å². The van der Waals surface area contributed by atoms with Crippen LogP contribution < -0.4 is 4.74 Å². The minimum absolute atomic E-state index is 0.104. The summed E-state index contributed by atoms with van der Waals surface area (Å²) in [5, 5.41) is 2.48. The molecule has 2 heterocycles. The predicted octanol–water partition coefficient (Wildman–Crippen LogP) is 3.46. The zero-order valence-corrected chi connectivity index (χ0v) is 13.3.